The third-order valence-electron chi connectivity index (χ3n) is 3.74. The van der Waals surface area contributed by atoms with Gasteiger partial charge in [-0.15, -0.1) is 23.5 Å². The Hall–Kier alpha value is -1.13. The summed E-state index contributed by atoms with van der Waals surface area (Å²) in [6.45, 7) is 0. The second-order valence-electron chi connectivity index (χ2n) is 6.78. The molecule has 0 N–H and O–H groups in total. The number of benzene rings is 2. The zero-order valence-corrected chi connectivity index (χ0v) is 22.3. The number of ether oxygens (including phenoxy) is 2. The maximum Gasteiger partial charge on any atom is 0.264 e. The lowest BCUT2D eigenvalue weighted by Crippen LogP contribution is -2.24. The van der Waals surface area contributed by atoms with E-state index < -0.39 is 0 Å². The molecule has 9 heteroatoms. The molecule has 0 unspecified atom stereocenters. The lowest BCUT2D eigenvalue weighted by molar-refractivity contribution is 0.448. The van der Waals surface area contributed by atoms with Gasteiger partial charge in [-0.05, 0) is 60.8 Å². The molecule has 0 aliphatic heterocycles. The van der Waals surface area contributed by atoms with Crippen molar-refractivity contribution in [2.24, 2.45) is 0 Å². The molecule has 0 aliphatic rings. The molecule has 0 fully saturated rings. The van der Waals surface area contributed by atoms with Crippen LogP contribution in [-0.2, 0) is 0 Å². The minimum atomic E-state index is 0.465. The van der Waals surface area contributed by atoms with E-state index in [0.717, 1.165) is 34.5 Å². The zero-order valence-electron chi connectivity index (χ0n) is 18.2. The Balaban J connectivity index is 1.64. The van der Waals surface area contributed by atoms with Gasteiger partial charge >= 0.3 is 0 Å². The summed E-state index contributed by atoms with van der Waals surface area (Å²) in [6.07, 6.45) is 0. The Morgan fingerprint density at radius 3 is 1.52 bits per heavy atom. The first-order chi connectivity index (χ1) is 14.8. The van der Waals surface area contributed by atoms with Crippen LogP contribution in [-0.4, -0.2) is 71.4 Å². The molecule has 0 saturated carbocycles. The number of thiocarbonyl (C=S) groups is 2. The van der Waals surface area contributed by atoms with Gasteiger partial charge < -0.3 is 19.3 Å². The second kappa shape index (κ2) is 14.1. The fourth-order valence-electron chi connectivity index (χ4n) is 2.18. The van der Waals surface area contributed by atoms with E-state index in [1.54, 1.807) is 9.80 Å². The lowest BCUT2D eigenvalue weighted by Gasteiger charge is -2.14. The number of nitrogens with zero attached hydrogens (tertiary/aromatic N) is 2. The third-order valence-corrected chi connectivity index (χ3v) is 8.13. The van der Waals surface area contributed by atoms with E-state index >= 15 is 0 Å². The molecular formula is C22H28N2O2S5. The maximum absolute atomic E-state index is 5.68. The Morgan fingerprint density at radius 2 is 1.13 bits per heavy atom. The van der Waals surface area contributed by atoms with E-state index in [-0.39, 0.29) is 0 Å². The molecule has 0 amide bonds. The highest BCUT2D eigenvalue weighted by atomic mass is 32.2. The first-order valence-electron chi connectivity index (χ1n) is 9.67. The van der Waals surface area contributed by atoms with Gasteiger partial charge in [-0.3, -0.25) is 0 Å². The first kappa shape index (κ1) is 26.1. The van der Waals surface area contributed by atoms with Gasteiger partial charge in [-0.25, -0.2) is 0 Å². The van der Waals surface area contributed by atoms with Crippen molar-refractivity contribution in [2.75, 3.05) is 51.2 Å². The van der Waals surface area contributed by atoms with Gasteiger partial charge in [0.15, 0.2) is 0 Å². The Kier molecular flexibility index (Phi) is 11.9. The highest BCUT2D eigenvalue weighted by Gasteiger charge is 2.05. The summed E-state index contributed by atoms with van der Waals surface area (Å²) in [5, 5.41) is 0.931. The molecule has 0 aromatic heterocycles. The average Bonchev–Trinajstić information content (AvgIpc) is 2.73. The van der Waals surface area contributed by atoms with Crippen LogP contribution in [0.1, 0.15) is 0 Å². The van der Waals surface area contributed by atoms with Crippen molar-refractivity contribution < 1.29 is 9.47 Å². The van der Waals surface area contributed by atoms with Gasteiger partial charge in [0.2, 0.25) is 0 Å². The Labute approximate surface area is 209 Å². The van der Waals surface area contributed by atoms with Crippen molar-refractivity contribution in [3.05, 3.63) is 48.5 Å². The minimum absolute atomic E-state index is 0.465. The highest BCUT2D eigenvalue weighted by Crippen LogP contribution is 2.26. The Morgan fingerprint density at radius 1 is 0.710 bits per heavy atom. The topological polar surface area (TPSA) is 24.9 Å². The molecule has 0 atom stereocenters. The molecule has 2 aromatic rings. The number of hydrogen-bond acceptors (Lipinski definition) is 7. The standard InChI is InChI=1S/C22H28N2O2S5/c1-23(2)21(27)25-17-7-5-9-19(15-17)30-13-11-29-12-14-31-20-10-6-8-18(16-20)26-22(28)24(3)4/h5-10,15-16H,11-14H2,1-4H3. The van der Waals surface area contributed by atoms with E-state index in [2.05, 4.69) is 12.1 Å². The molecule has 31 heavy (non-hydrogen) atoms. The maximum atomic E-state index is 5.68. The SMILES string of the molecule is CN(C)C(=S)Oc1cccc(SCCSCCSc2cccc(OC(=S)N(C)C)c2)c1. The van der Waals surface area contributed by atoms with Crippen molar-refractivity contribution in [2.45, 2.75) is 9.79 Å². The van der Waals surface area contributed by atoms with Crippen molar-refractivity contribution in [1.29, 1.82) is 0 Å². The van der Waals surface area contributed by atoms with Crippen molar-refractivity contribution in [3.8, 4) is 11.5 Å². The van der Waals surface area contributed by atoms with Crippen LogP contribution in [0.5, 0.6) is 11.5 Å². The van der Waals surface area contributed by atoms with Crippen LogP contribution in [0.25, 0.3) is 0 Å². The van der Waals surface area contributed by atoms with E-state index in [1.807, 2.05) is 99.9 Å². The predicted octanol–water partition coefficient (Wildman–Crippen LogP) is 5.75. The quantitative estimate of drug-likeness (QED) is 0.224. The van der Waals surface area contributed by atoms with Gasteiger partial charge in [0.1, 0.15) is 11.5 Å². The molecule has 0 aliphatic carbocycles. The van der Waals surface area contributed by atoms with Gasteiger partial charge in [0, 0.05) is 61.0 Å². The van der Waals surface area contributed by atoms with Crippen LogP contribution in [0.2, 0.25) is 0 Å². The molecule has 0 spiro atoms. The molecule has 2 rings (SSSR count). The molecule has 0 bridgehead atoms. The average molecular weight is 513 g/mol. The van der Waals surface area contributed by atoms with Gasteiger partial charge in [-0.1, -0.05) is 12.1 Å². The molecule has 2 aromatic carbocycles. The third kappa shape index (κ3) is 10.4. The summed E-state index contributed by atoms with van der Waals surface area (Å²) >= 11 is 16.0. The van der Waals surface area contributed by atoms with Crippen LogP contribution in [0.15, 0.2) is 58.3 Å². The molecule has 0 saturated heterocycles. The summed E-state index contributed by atoms with van der Waals surface area (Å²) in [6, 6.07) is 16.2. The predicted molar refractivity (Wildman–Crippen MR) is 145 cm³/mol. The fourth-order valence-corrected chi connectivity index (χ4v) is 5.40. The monoisotopic (exact) mass is 512 g/mol. The smallest absolute Gasteiger partial charge is 0.264 e. The number of thioether (sulfide) groups is 3. The van der Waals surface area contributed by atoms with E-state index in [1.165, 1.54) is 9.79 Å². The summed E-state index contributed by atoms with van der Waals surface area (Å²) in [4.78, 5) is 5.96. The van der Waals surface area contributed by atoms with Gasteiger partial charge in [0.25, 0.3) is 10.3 Å². The normalized spacial score (nSPS) is 10.5. The van der Waals surface area contributed by atoms with Gasteiger partial charge in [0.05, 0.1) is 0 Å². The van der Waals surface area contributed by atoms with Crippen LogP contribution >= 0.6 is 59.7 Å². The first-order valence-corrected chi connectivity index (χ1v) is 13.6. The molecule has 0 heterocycles. The van der Waals surface area contributed by atoms with Gasteiger partial charge in [-0.2, -0.15) is 11.8 Å². The zero-order chi connectivity index (χ0) is 22.6. The van der Waals surface area contributed by atoms with E-state index in [9.17, 15) is 0 Å². The summed E-state index contributed by atoms with van der Waals surface area (Å²) in [5.41, 5.74) is 0. The van der Waals surface area contributed by atoms with Crippen LogP contribution in [0.4, 0.5) is 0 Å². The number of rotatable bonds is 10. The fraction of sp³-hybridized carbons (Fsp3) is 0.364. The molecular weight excluding hydrogens is 485 g/mol. The second-order valence-corrected chi connectivity index (χ2v) is 11.0. The van der Waals surface area contributed by atoms with Crippen molar-refractivity contribution >= 4 is 70.1 Å². The van der Waals surface area contributed by atoms with Crippen LogP contribution in [0.3, 0.4) is 0 Å². The molecule has 0 radical (unpaired) electrons. The highest BCUT2D eigenvalue weighted by molar-refractivity contribution is 8.04. The van der Waals surface area contributed by atoms with Crippen LogP contribution < -0.4 is 9.47 Å². The Bertz CT molecular complexity index is 792. The van der Waals surface area contributed by atoms with Crippen molar-refractivity contribution in [1.82, 2.24) is 9.80 Å². The van der Waals surface area contributed by atoms with Crippen LogP contribution in [0, 0.1) is 0 Å². The van der Waals surface area contributed by atoms with E-state index in [4.69, 9.17) is 33.9 Å². The number of hydrogen-bond donors (Lipinski definition) is 0. The minimum Gasteiger partial charge on any atom is -0.432 e. The van der Waals surface area contributed by atoms with E-state index in [0.29, 0.717) is 10.3 Å². The largest absolute Gasteiger partial charge is 0.432 e. The molecule has 4 nitrogen and oxygen atoms in total. The lowest BCUT2D eigenvalue weighted by atomic mass is 10.3. The van der Waals surface area contributed by atoms with Crippen molar-refractivity contribution in [3.63, 3.8) is 0 Å². The summed E-state index contributed by atoms with van der Waals surface area (Å²) < 4.78 is 11.4. The summed E-state index contributed by atoms with van der Waals surface area (Å²) in [5.74, 6) is 5.89. The molecule has 168 valence electrons. The summed E-state index contributed by atoms with van der Waals surface area (Å²) in [7, 11) is 7.51.